The molecule has 1 nitrogen and oxygen atoms in total. The summed E-state index contributed by atoms with van der Waals surface area (Å²) in [7, 11) is 0. The number of allylic oxidation sites excluding steroid dienone is 1. The van der Waals surface area contributed by atoms with Crippen LogP contribution in [0.15, 0.2) is 40.4 Å². The van der Waals surface area contributed by atoms with Gasteiger partial charge in [-0.05, 0) is 38.4 Å². The molecule has 0 aliphatic carbocycles. The van der Waals surface area contributed by atoms with Gasteiger partial charge in [-0.15, -0.1) is 0 Å². The number of nitrogens with one attached hydrogen (secondary N) is 1. The molecule has 0 bridgehead atoms. The normalized spacial score (nSPS) is 12.2. The lowest BCUT2D eigenvalue weighted by Gasteiger charge is -2.15. The summed E-state index contributed by atoms with van der Waals surface area (Å²) in [6.07, 6.45) is 3.32. The topological polar surface area (TPSA) is 12.0 Å². The van der Waals surface area contributed by atoms with E-state index in [0.717, 1.165) is 13.0 Å². The summed E-state index contributed by atoms with van der Waals surface area (Å²) in [5.41, 5.74) is 2.71. The Morgan fingerprint density at radius 3 is 2.62 bits per heavy atom. The van der Waals surface area contributed by atoms with Gasteiger partial charge in [-0.25, -0.2) is 0 Å². The highest BCUT2D eigenvalue weighted by Crippen LogP contribution is 2.18. The first-order chi connectivity index (χ1) is 7.63. The third-order valence-electron chi connectivity index (χ3n) is 2.40. The summed E-state index contributed by atoms with van der Waals surface area (Å²) < 4.78 is 1.19. The molecule has 0 aromatic heterocycles. The number of hydrogen-bond donors (Lipinski definition) is 1. The van der Waals surface area contributed by atoms with Crippen LogP contribution in [0.4, 0.5) is 0 Å². The monoisotopic (exact) mass is 281 g/mol. The van der Waals surface area contributed by atoms with Crippen LogP contribution in [0.5, 0.6) is 0 Å². The van der Waals surface area contributed by atoms with Crippen LogP contribution >= 0.6 is 15.9 Å². The molecule has 0 radical (unpaired) electrons. The Hall–Kier alpha value is -0.600. The van der Waals surface area contributed by atoms with E-state index in [0.29, 0.717) is 6.04 Å². The van der Waals surface area contributed by atoms with E-state index in [9.17, 15) is 0 Å². The number of hydrogen-bond acceptors (Lipinski definition) is 1. The van der Waals surface area contributed by atoms with Crippen molar-refractivity contribution < 1.29 is 0 Å². The van der Waals surface area contributed by atoms with Gasteiger partial charge < -0.3 is 5.32 Å². The molecular weight excluding hydrogens is 262 g/mol. The summed E-state index contributed by atoms with van der Waals surface area (Å²) in [6.45, 7) is 7.43. The van der Waals surface area contributed by atoms with Crippen LogP contribution in [0.3, 0.4) is 0 Å². The number of halogens is 1. The Morgan fingerprint density at radius 2 is 2.06 bits per heavy atom. The third-order valence-corrected chi connectivity index (χ3v) is 3.17. The Labute approximate surface area is 107 Å². The van der Waals surface area contributed by atoms with Crippen LogP contribution in [-0.4, -0.2) is 12.6 Å². The van der Waals surface area contributed by atoms with Crippen molar-refractivity contribution in [3.63, 3.8) is 0 Å². The van der Waals surface area contributed by atoms with Gasteiger partial charge in [0.2, 0.25) is 0 Å². The van der Waals surface area contributed by atoms with Gasteiger partial charge in [0.25, 0.3) is 0 Å². The number of benzene rings is 1. The van der Waals surface area contributed by atoms with Crippen molar-refractivity contribution >= 4 is 15.9 Å². The van der Waals surface area contributed by atoms with Crippen molar-refractivity contribution in [1.29, 1.82) is 0 Å². The number of likely N-dealkylation sites (N-methyl/N-ethyl adjacent to an activating group) is 1. The van der Waals surface area contributed by atoms with Crippen LogP contribution in [0.1, 0.15) is 26.3 Å². The molecule has 0 aliphatic rings. The zero-order valence-electron chi connectivity index (χ0n) is 10.3. The quantitative estimate of drug-likeness (QED) is 0.807. The van der Waals surface area contributed by atoms with Crippen LogP contribution in [0, 0.1) is 0 Å². The molecule has 1 rings (SSSR count). The van der Waals surface area contributed by atoms with Gasteiger partial charge >= 0.3 is 0 Å². The highest BCUT2D eigenvalue weighted by atomic mass is 79.9. The molecule has 1 N–H and O–H groups in total. The molecule has 1 aromatic carbocycles. The van der Waals surface area contributed by atoms with Crippen molar-refractivity contribution in [3.05, 3.63) is 46.0 Å². The van der Waals surface area contributed by atoms with E-state index in [2.05, 4.69) is 72.4 Å². The highest BCUT2D eigenvalue weighted by molar-refractivity contribution is 9.10. The smallest absolute Gasteiger partial charge is 0.0293 e. The molecule has 0 heterocycles. The van der Waals surface area contributed by atoms with Crippen LogP contribution in [0.2, 0.25) is 0 Å². The summed E-state index contributed by atoms with van der Waals surface area (Å²) >= 11 is 3.59. The highest BCUT2D eigenvalue weighted by Gasteiger charge is 2.07. The fourth-order valence-corrected chi connectivity index (χ4v) is 2.20. The predicted molar refractivity (Wildman–Crippen MR) is 74.7 cm³/mol. The molecule has 2 heteroatoms. The van der Waals surface area contributed by atoms with Gasteiger partial charge in [-0.2, -0.15) is 0 Å². The molecule has 0 saturated heterocycles. The van der Waals surface area contributed by atoms with Gasteiger partial charge in [0.15, 0.2) is 0 Å². The van der Waals surface area contributed by atoms with Crippen molar-refractivity contribution in [2.75, 3.05) is 6.54 Å². The van der Waals surface area contributed by atoms with E-state index in [1.807, 2.05) is 0 Å². The van der Waals surface area contributed by atoms with E-state index >= 15 is 0 Å². The second kappa shape index (κ2) is 6.87. The average molecular weight is 282 g/mol. The summed E-state index contributed by atoms with van der Waals surface area (Å²) in [5.74, 6) is 0. The van der Waals surface area contributed by atoms with Gasteiger partial charge in [-0.1, -0.05) is 52.7 Å². The third kappa shape index (κ3) is 4.50. The lowest BCUT2D eigenvalue weighted by molar-refractivity contribution is 0.608. The van der Waals surface area contributed by atoms with Crippen LogP contribution < -0.4 is 5.32 Å². The van der Waals surface area contributed by atoms with Crippen LogP contribution in [0.25, 0.3) is 0 Å². The van der Waals surface area contributed by atoms with Gasteiger partial charge in [-0.3, -0.25) is 0 Å². The fraction of sp³-hybridized carbons (Fsp3) is 0.429. The first kappa shape index (κ1) is 13.5. The van der Waals surface area contributed by atoms with E-state index in [1.54, 1.807) is 0 Å². The molecular formula is C14H20BrN. The molecule has 0 saturated carbocycles. The molecule has 1 aromatic rings. The SMILES string of the molecule is CCNC(C=C(C)C)Cc1ccccc1Br. The molecule has 1 atom stereocenters. The zero-order valence-corrected chi connectivity index (χ0v) is 11.8. The minimum Gasteiger partial charge on any atom is -0.310 e. The fourth-order valence-electron chi connectivity index (χ4n) is 1.76. The summed E-state index contributed by atoms with van der Waals surface area (Å²) in [4.78, 5) is 0. The Kier molecular flexibility index (Phi) is 5.78. The maximum absolute atomic E-state index is 3.59. The van der Waals surface area contributed by atoms with Gasteiger partial charge in [0, 0.05) is 10.5 Å². The first-order valence-electron chi connectivity index (χ1n) is 5.75. The van der Waals surface area contributed by atoms with E-state index in [-0.39, 0.29) is 0 Å². The van der Waals surface area contributed by atoms with Crippen molar-refractivity contribution in [2.24, 2.45) is 0 Å². The molecule has 0 aliphatic heterocycles. The van der Waals surface area contributed by atoms with Gasteiger partial charge in [0.05, 0.1) is 0 Å². The second-order valence-electron chi connectivity index (χ2n) is 4.20. The van der Waals surface area contributed by atoms with E-state index < -0.39 is 0 Å². The zero-order chi connectivity index (χ0) is 12.0. The maximum Gasteiger partial charge on any atom is 0.0293 e. The van der Waals surface area contributed by atoms with Crippen molar-refractivity contribution in [3.8, 4) is 0 Å². The van der Waals surface area contributed by atoms with Crippen molar-refractivity contribution in [2.45, 2.75) is 33.2 Å². The molecule has 1 unspecified atom stereocenters. The first-order valence-corrected chi connectivity index (χ1v) is 6.54. The Bertz CT molecular complexity index is 354. The lowest BCUT2D eigenvalue weighted by atomic mass is 10.0. The van der Waals surface area contributed by atoms with Crippen LogP contribution in [-0.2, 0) is 6.42 Å². The lowest BCUT2D eigenvalue weighted by Crippen LogP contribution is -2.29. The average Bonchev–Trinajstić information content (AvgIpc) is 2.21. The van der Waals surface area contributed by atoms with E-state index in [1.165, 1.54) is 15.6 Å². The number of rotatable bonds is 5. The second-order valence-corrected chi connectivity index (χ2v) is 5.06. The summed E-state index contributed by atoms with van der Waals surface area (Å²) in [5, 5.41) is 3.49. The standard InChI is InChI=1S/C14H20BrN/c1-4-16-13(9-11(2)3)10-12-7-5-6-8-14(12)15/h5-9,13,16H,4,10H2,1-3H3. The maximum atomic E-state index is 3.59. The Balaban J connectivity index is 2.75. The minimum atomic E-state index is 0.425. The van der Waals surface area contributed by atoms with Gasteiger partial charge in [0.1, 0.15) is 0 Å². The molecule has 88 valence electrons. The molecule has 0 fully saturated rings. The molecule has 16 heavy (non-hydrogen) atoms. The van der Waals surface area contributed by atoms with Crippen molar-refractivity contribution in [1.82, 2.24) is 5.32 Å². The predicted octanol–water partition coefficient (Wildman–Crippen LogP) is 3.94. The Morgan fingerprint density at radius 1 is 1.38 bits per heavy atom. The largest absolute Gasteiger partial charge is 0.310 e. The summed E-state index contributed by atoms with van der Waals surface area (Å²) in [6, 6.07) is 8.84. The van der Waals surface area contributed by atoms with E-state index in [4.69, 9.17) is 0 Å². The molecule has 0 spiro atoms. The minimum absolute atomic E-state index is 0.425. The molecule has 0 amide bonds.